The van der Waals surface area contributed by atoms with Crippen molar-refractivity contribution in [2.75, 3.05) is 18.0 Å². The number of fused-ring (bicyclic) bond motifs is 1. The van der Waals surface area contributed by atoms with Crippen LogP contribution < -0.4 is 4.90 Å². The Bertz CT molecular complexity index is 697. The van der Waals surface area contributed by atoms with Crippen LogP contribution >= 0.6 is 0 Å². The molecule has 0 saturated carbocycles. The number of amides is 1. The van der Waals surface area contributed by atoms with E-state index in [2.05, 4.69) is 18.1 Å². The van der Waals surface area contributed by atoms with Gasteiger partial charge in [0.05, 0.1) is 11.3 Å². The SMILES string of the molecule is C=C/C=C(\C=C)N1CCC(N2C(=O)C(=O)c3ccccc32)CC1. The second-order valence-corrected chi connectivity index (χ2v) is 5.77. The van der Waals surface area contributed by atoms with Crippen LogP contribution in [0.2, 0.25) is 0 Å². The van der Waals surface area contributed by atoms with E-state index in [1.807, 2.05) is 24.3 Å². The van der Waals surface area contributed by atoms with Crippen LogP contribution in [-0.2, 0) is 4.79 Å². The number of ketones is 1. The number of anilines is 1. The Hall–Kier alpha value is -2.62. The van der Waals surface area contributed by atoms with Gasteiger partial charge in [0.2, 0.25) is 0 Å². The largest absolute Gasteiger partial charge is 0.371 e. The second kappa shape index (κ2) is 6.24. The van der Waals surface area contributed by atoms with E-state index in [1.54, 1.807) is 23.1 Å². The molecule has 118 valence electrons. The third kappa shape index (κ3) is 2.61. The Morgan fingerprint density at radius 3 is 2.48 bits per heavy atom. The summed E-state index contributed by atoms with van der Waals surface area (Å²) in [6.07, 6.45) is 7.17. The number of benzene rings is 1. The lowest BCUT2D eigenvalue weighted by atomic mass is 10.0. The zero-order valence-corrected chi connectivity index (χ0v) is 13.1. The van der Waals surface area contributed by atoms with Gasteiger partial charge in [-0.3, -0.25) is 9.59 Å². The number of allylic oxidation sites excluding steroid dienone is 3. The van der Waals surface area contributed by atoms with Gasteiger partial charge >= 0.3 is 0 Å². The van der Waals surface area contributed by atoms with Crippen LogP contribution in [0.1, 0.15) is 23.2 Å². The highest BCUT2D eigenvalue weighted by Crippen LogP contribution is 2.33. The van der Waals surface area contributed by atoms with Crippen LogP contribution in [0.5, 0.6) is 0 Å². The number of piperidine rings is 1. The molecule has 3 rings (SSSR count). The van der Waals surface area contributed by atoms with Gasteiger partial charge in [-0.25, -0.2) is 0 Å². The van der Waals surface area contributed by atoms with E-state index >= 15 is 0 Å². The lowest BCUT2D eigenvalue weighted by Crippen LogP contribution is -2.46. The fraction of sp³-hybridized carbons (Fsp3) is 0.263. The topological polar surface area (TPSA) is 40.6 Å². The smallest absolute Gasteiger partial charge is 0.299 e. The fourth-order valence-corrected chi connectivity index (χ4v) is 3.38. The summed E-state index contributed by atoms with van der Waals surface area (Å²) in [5, 5.41) is 0. The van der Waals surface area contributed by atoms with Crippen molar-refractivity contribution < 1.29 is 9.59 Å². The molecule has 0 radical (unpaired) electrons. The maximum atomic E-state index is 12.4. The third-order valence-corrected chi connectivity index (χ3v) is 4.51. The van der Waals surface area contributed by atoms with Crippen LogP contribution in [0.25, 0.3) is 0 Å². The molecule has 4 nitrogen and oxygen atoms in total. The molecule has 1 fully saturated rings. The summed E-state index contributed by atoms with van der Waals surface area (Å²) in [7, 11) is 0. The molecule has 2 aliphatic rings. The normalized spacial score (nSPS) is 19.0. The number of hydrogen-bond donors (Lipinski definition) is 0. The maximum Gasteiger partial charge on any atom is 0.299 e. The lowest BCUT2D eigenvalue weighted by molar-refractivity contribution is -0.114. The van der Waals surface area contributed by atoms with Crippen LogP contribution in [0.4, 0.5) is 5.69 Å². The molecule has 1 amide bonds. The van der Waals surface area contributed by atoms with Crippen molar-refractivity contribution >= 4 is 17.4 Å². The Kier molecular flexibility index (Phi) is 4.15. The molecule has 0 spiro atoms. The summed E-state index contributed by atoms with van der Waals surface area (Å²) in [6, 6.07) is 7.33. The van der Waals surface area contributed by atoms with Gasteiger partial charge in [-0.15, -0.1) is 0 Å². The Morgan fingerprint density at radius 1 is 1.13 bits per heavy atom. The van der Waals surface area contributed by atoms with Crippen molar-refractivity contribution in [2.45, 2.75) is 18.9 Å². The highest BCUT2D eigenvalue weighted by Gasteiger charge is 2.40. The van der Waals surface area contributed by atoms with Gasteiger partial charge in [0.1, 0.15) is 0 Å². The molecule has 0 N–H and O–H groups in total. The molecule has 1 aromatic carbocycles. The highest BCUT2D eigenvalue weighted by molar-refractivity contribution is 6.52. The first-order valence-corrected chi connectivity index (χ1v) is 7.84. The minimum absolute atomic E-state index is 0.0705. The molecular formula is C19H20N2O2. The van der Waals surface area contributed by atoms with Gasteiger partial charge in [-0.2, -0.15) is 0 Å². The molecule has 0 unspecified atom stereocenters. The minimum Gasteiger partial charge on any atom is -0.371 e. The number of para-hydroxylation sites is 1. The van der Waals surface area contributed by atoms with Gasteiger partial charge in [0.25, 0.3) is 11.7 Å². The summed E-state index contributed by atoms with van der Waals surface area (Å²) in [5.74, 6) is -0.781. The number of hydrogen-bond acceptors (Lipinski definition) is 3. The molecule has 2 aliphatic heterocycles. The van der Waals surface area contributed by atoms with Gasteiger partial charge in [-0.1, -0.05) is 31.4 Å². The molecule has 2 heterocycles. The average molecular weight is 308 g/mol. The summed E-state index contributed by atoms with van der Waals surface area (Å²) in [4.78, 5) is 28.4. The number of carbonyl (C=O) groups is 2. The van der Waals surface area contributed by atoms with E-state index in [9.17, 15) is 9.59 Å². The quantitative estimate of drug-likeness (QED) is 0.634. The van der Waals surface area contributed by atoms with Crippen molar-refractivity contribution in [3.05, 3.63) is 66.9 Å². The zero-order valence-electron chi connectivity index (χ0n) is 13.1. The average Bonchev–Trinajstić information content (AvgIpc) is 2.85. The van der Waals surface area contributed by atoms with Crippen LogP contribution in [0.3, 0.4) is 0 Å². The summed E-state index contributed by atoms with van der Waals surface area (Å²) in [6.45, 7) is 9.22. The van der Waals surface area contributed by atoms with Crippen molar-refractivity contribution in [1.82, 2.24) is 4.90 Å². The van der Waals surface area contributed by atoms with Gasteiger partial charge in [0.15, 0.2) is 0 Å². The molecule has 0 aromatic heterocycles. The summed E-state index contributed by atoms with van der Waals surface area (Å²) < 4.78 is 0. The van der Waals surface area contributed by atoms with Crippen LogP contribution in [-0.4, -0.2) is 35.7 Å². The predicted molar refractivity (Wildman–Crippen MR) is 91.3 cm³/mol. The van der Waals surface area contributed by atoms with E-state index in [-0.39, 0.29) is 11.8 Å². The van der Waals surface area contributed by atoms with E-state index < -0.39 is 5.91 Å². The zero-order chi connectivity index (χ0) is 16.4. The van der Waals surface area contributed by atoms with E-state index in [0.717, 1.165) is 37.3 Å². The first-order chi connectivity index (χ1) is 11.2. The molecule has 4 heteroatoms. The first-order valence-electron chi connectivity index (χ1n) is 7.84. The Labute approximate surface area is 136 Å². The number of Topliss-reactive ketones (excluding diaryl/α,β-unsaturated/α-hetero) is 1. The van der Waals surface area contributed by atoms with E-state index in [1.165, 1.54) is 0 Å². The molecule has 0 atom stereocenters. The molecule has 23 heavy (non-hydrogen) atoms. The Balaban J connectivity index is 1.77. The number of nitrogens with zero attached hydrogens (tertiary/aromatic N) is 2. The van der Waals surface area contributed by atoms with Crippen molar-refractivity contribution in [2.24, 2.45) is 0 Å². The molecule has 0 bridgehead atoms. The highest BCUT2D eigenvalue weighted by atomic mass is 16.2. The minimum atomic E-state index is -0.393. The molecular weight excluding hydrogens is 288 g/mol. The van der Waals surface area contributed by atoms with Gasteiger partial charge < -0.3 is 9.80 Å². The fourth-order valence-electron chi connectivity index (χ4n) is 3.38. The monoisotopic (exact) mass is 308 g/mol. The second-order valence-electron chi connectivity index (χ2n) is 5.77. The predicted octanol–water partition coefficient (Wildman–Crippen LogP) is 2.94. The van der Waals surface area contributed by atoms with Gasteiger partial charge in [0, 0.05) is 24.8 Å². The molecule has 0 aliphatic carbocycles. The Morgan fingerprint density at radius 2 is 1.83 bits per heavy atom. The molecule has 1 aromatic rings. The summed E-state index contributed by atoms with van der Waals surface area (Å²) >= 11 is 0. The first kappa shape index (κ1) is 15.3. The van der Waals surface area contributed by atoms with E-state index in [4.69, 9.17) is 0 Å². The van der Waals surface area contributed by atoms with E-state index in [0.29, 0.717) is 5.56 Å². The number of likely N-dealkylation sites (tertiary alicyclic amines) is 1. The molecule has 1 saturated heterocycles. The number of rotatable bonds is 4. The van der Waals surface area contributed by atoms with Gasteiger partial charge in [-0.05, 0) is 37.1 Å². The summed E-state index contributed by atoms with van der Waals surface area (Å²) in [5.41, 5.74) is 2.33. The third-order valence-electron chi connectivity index (χ3n) is 4.51. The lowest BCUT2D eigenvalue weighted by Gasteiger charge is -2.38. The number of carbonyl (C=O) groups excluding carboxylic acids is 2. The van der Waals surface area contributed by atoms with Crippen molar-refractivity contribution in [3.8, 4) is 0 Å². The van der Waals surface area contributed by atoms with Crippen LogP contribution in [0, 0.1) is 0 Å². The van der Waals surface area contributed by atoms with Crippen molar-refractivity contribution in [3.63, 3.8) is 0 Å². The maximum absolute atomic E-state index is 12.4. The van der Waals surface area contributed by atoms with Crippen LogP contribution in [0.15, 0.2) is 61.3 Å². The standard InChI is InChI=1S/C19H20N2O2/c1-3-7-14(4-2)20-12-10-15(11-13-20)21-17-9-6-5-8-16(17)18(22)19(21)23/h3-9,15H,1-2,10-13H2/b14-7+. The van der Waals surface area contributed by atoms with Crippen molar-refractivity contribution in [1.29, 1.82) is 0 Å².